The SMILES string of the molecule is CC(NC1CCCCC1C(C)(C)C)c1nnc2n1CCC2. The van der Waals surface area contributed by atoms with Crippen molar-refractivity contribution in [2.75, 3.05) is 0 Å². The Balaban J connectivity index is 1.72. The summed E-state index contributed by atoms with van der Waals surface area (Å²) >= 11 is 0. The molecule has 0 saturated heterocycles. The molecule has 1 aliphatic carbocycles. The van der Waals surface area contributed by atoms with Crippen molar-refractivity contribution in [3.63, 3.8) is 0 Å². The highest BCUT2D eigenvalue weighted by molar-refractivity contribution is 5.05. The topological polar surface area (TPSA) is 42.7 Å². The highest BCUT2D eigenvalue weighted by atomic mass is 15.3. The minimum Gasteiger partial charge on any atom is -0.314 e. The van der Waals surface area contributed by atoms with E-state index in [-0.39, 0.29) is 0 Å². The average Bonchev–Trinajstić information content (AvgIpc) is 2.99. The van der Waals surface area contributed by atoms with Crippen molar-refractivity contribution in [2.45, 2.75) is 84.8 Å². The first-order valence-electron chi connectivity index (χ1n) is 8.65. The molecule has 1 aromatic rings. The fourth-order valence-corrected chi connectivity index (χ4v) is 4.26. The van der Waals surface area contributed by atoms with Crippen molar-refractivity contribution in [1.82, 2.24) is 20.1 Å². The molecule has 0 bridgehead atoms. The summed E-state index contributed by atoms with van der Waals surface area (Å²) in [4.78, 5) is 0. The van der Waals surface area contributed by atoms with Crippen molar-refractivity contribution in [2.24, 2.45) is 11.3 Å². The van der Waals surface area contributed by atoms with Gasteiger partial charge >= 0.3 is 0 Å². The highest BCUT2D eigenvalue weighted by Gasteiger charge is 2.35. The maximum Gasteiger partial charge on any atom is 0.149 e. The Morgan fingerprint density at radius 3 is 2.67 bits per heavy atom. The summed E-state index contributed by atoms with van der Waals surface area (Å²) in [5.74, 6) is 3.07. The lowest BCUT2D eigenvalue weighted by Gasteiger charge is -2.42. The van der Waals surface area contributed by atoms with Gasteiger partial charge in [0.15, 0.2) is 0 Å². The van der Waals surface area contributed by atoms with Crippen LogP contribution in [0.15, 0.2) is 0 Å². The van der Waals surface area contributed by atoms with E-state index < -0.39 is 0 Å². The first kappa shape index (κ1) is 15.0. The van der Waals surface area contributed by atoms with Crippen molar-refractivity contribution >= 4 is 0 Å². The molecule has 3 atom stereocenters. The molecule has 3 unspecified atom stereocenters. The number of fused-ring (bicyclic) bond motifs is 1. The molecule has 0 aromatic carbocycles. The van der Waals surface area contributed by atoms with Crippen LogP contribution in [-0.4, -0.2) is 20.8 Å². The third kappa shape index (κ3) is 3.01. The predicted molar refractivity (Wildman–Crippen MR) is 85.1 cm³/mol. The molecule has 4 nitrogen and oxygen atoms in total. The predicted octanol–water partition coefficient (Wildman–Crippen LogP) is 3.48. The first-order valence-corrected chi connectivity index (χ1v) is 8.65. The van der Waals surface area contributed by atoms with Crippen molar-refractivity contribution in [3.05, 3.63) is 11.6 Å². The zero-order valence-electron chi connectivity index (χ0n) is 14.0. The van der Waals surface area contributed by atoms with E-state index in [0.29, 0.717) is 17.5 Å². The molecule has 0 radical (unpaired) electrons. The van der Waals surface area contributed by atoms with Crippen molar-refractivity contribution in [1.29, 1.82) is 0 Å². The molecule has 21 heavy (non-hydrogen) atoms. The van der Waals surface area contributed by atoms with Crippen LogP contribution >= 0.6 is 0 Å². The molecule has 1 aromatic heterocycles. The molecule has 1 N–H and O–H groups in total. The molecule has 0 spiro atoms. The number of rotatable bonds is 3. The second kappa shape index (κ2) is 5.71. The fourth-order valence-electron chi connectivity index (χ4n) is 4.26. The minimum absolute atomic E-state index is 0.303. The quantitative estimate of drug-likeness (QED) is 0.926. The van der Waals surface area contributed by atoms with Crippen LogP contribution in [0.1, 0.15) is 77.5 Å². The van der Waals surface area contributed by atoms with E-state index in [9.17, 15) is 0 Å². The van der Waals surface area contributed by atoms with Gasteiger partial charge in [0.1, 0.15) is 11.6 Å². The van der Waals surface area contributed by atoms with Crippen molar-refractivity contribution in [3.8, 4) is 0 Å². The van der Waals surface area contributed by atoms with Gasteiger partial charge in [-0.15, -0.1) is 10.2 Å². The normalized spacial score (nSPS) is 27.6. The molecule has 2 aliphatic rings. The van der Waals surface area contributed by atoms with Gasteiger partial charge in [0.2, 0.25) is 0 Å². The number of hydrogen-bond donors (Lipinski definition) is 1. The fraction of sp³-hybridized carbons (Fsp3) is 0.882. The lowest BCUT2D eigenvalue weighted by atomic mass is 9.69. The standard InChI is InChI=1S/C17H30N4/c1-12(16-20-19-15-10-7-11-21(15)16)18-14-9-6-5-8-13(14)17(2,3)4/h12-14,18H,5-11H2,1-4H3. The third-order valence-electron chi connectivity index (χ3n) is 5.37. The zero-order chi connectivity index (χ0) is 15.0. The molecular formula is C17H30N4. The number of aromatic nitrogens is 3. The van der Waals surface area contributed by atoms with Crippen LogP contribution in [0.4, 0.5) is 0 Å². The van der Waals surface area contributed by atoms with Crippen LogP contribution in [0, 0.1) is 11.3 Å². The Kier molecular flexibility index (Phi) is 4.08. The second-order valence-corrected chi connectivity index (χ2v) is 7.98. The van der Waals surface area contributed by atoms with Gasteiger partial charge in [-0.05, 0) is 37.5 Å². The van der Waals surface area contributed by atoms with Gasteiger partial charge in [-0.3, -0.25) is 0 Å². The summed E-state index contributed by atoms with van der Waals surface area (Å²) in [6.45, 7) is 10.5. The first-order chi connectivity index (χ1) is 9.97. The van der Waals surface area contributed by atoms with E-state index >= 15 is 0 Å². The lowest BCUT2D eigenvalue weighted by molar-refractivity contribution is 0.123. The minimum atomic E-state index is 0.303. The van der Waals surface area contributed by atoms with E-state index in [1.807, 2.05) is 0 Å². The Labute approximate surface area is 128 Å². The largest absolute Gasteiger partial charge is 0.314 e. The summed E-state index contributed by atoms with van der Waals surface area (Å²) in [7, 11) is 0. The lowest BCUT2D eigenvalue weighted by Crippen LogP contribution is -2.45. The summed E-state index contributed by atoms with van der Waals surface area (Å²) in [5, 5.41) is 12.7. The van der Waals surface area contributed by atoms with Crippen LogP contribution in [0.3, 0.4) is 0 Å². The monoisotopic (exact) mass is 290 g/mol. The Morgan fingerprint density at radius 1 is 1.14 bits per heavy atom. The molecule has 0 amide bonds. The van der Waals surface area contributed by atoms with Crippen LogP contribution in [0.25, 0.3) is 0 Å². The molecule has 1 fully saturated rings. The summed E-state index contributed by atoms with van der Waals surface area (Å²) < 4.78 is 2.33. The average molecular weight is 290 g/mol. The Bertz CT molecular complexity index is 485. The van der Waals surface area contributed by atoms with E-state index in [2.05, 4.69) is 47.8 Å². The maximum absolute atomic E-state index is 4.44. The van der Waals surface area contributed by atoms with Gasteiger partial charge in [0.25, 0.3) is 0 Å². The number of aryl methyl sites for hydroxylation is 1. The van der Waals surface area contributed by atoms with Gasteiger partial charge in [-0.25, -0.2) is 0 Å². The van der Waals surface area contributed by atoms with E-state index in [1.165, 1.54) is 37.9 Å². The van der Waals surface area contributed by atoms with Crippen LogP contribution < -0.4 is 5.32 Å². The number of hydrogen-bond acceptors (Lipinski definition) is 3. The van der Waals surface area contributed by atoms with E-state index in [4.69, 9.17) is 0 Å². The molecule has 4 heteroatoms. The van der Waals surface area contributed by atoms with Gasteiger partial charge in [0, 0.05) is 19.0 Å². The maximum atomic E-state index is 4.44. The molecule has 3 rings (SSSR count). The van der Waals surface area contributed by atoms with Crippen LogP contribution in [0.2, 0.25) is 0 Å². The van der Waals surface area contributed by atoms with Gasteiger partial charge in [0.05, 0.1) is 6.04 Å². The van der Waals surface area contributed by atoms with Gasteiger partial charge < -0.3 is 9.88 Å². The molecule has 1 aliphatic heterocycles. The second-order valence-electron chi connectivity index (χ2n) is 7.98. The number of nitrogens with zero attached hydrogens (tertiary/aromatic N) is 3. The third-order valence-corrected chi connectivity index (χ3v) is 5.37. The molecule has 1 saturated carbocycles. The molecule has 2 heterocycles. The molecule has 118 valence electrons. The van der Waals surface area contributed by atoms with E-state index in [0.717, 1.165) is 24.7 Å². The number of nitrogens with one attached hydrogen (secondary N) is 1. The van der Waals surface area contributed by atoms with Crippen molar-refractivity contribution < 1.29 is 0 Å². The summed E-state index contributed by atoms with van der Waals surface area (Å²) in [6.07, 6.45) is 7.70. The Hall–Kier alpha value is -0.900. The van der Waals surface area contributed by atoms with Gasteiger partial charge in [-0.2, -0.15) is 0 Å². The molecular weight excluding hydrogens is 260 g/mol. The van der Waals surface area contributed by atoms with E-state index in [1.54, 1.807) is 0 Å². The van der Waals surface area contributed by atoms with Crippen LogP contribution in [0.5, 0.6) is 0 Å². The van der Waals surface area contributed by atoms with Gasteiger partial charge in [-0.1, -0.05) is 33.6 Å². The zero-order valence-corrected chi connectivity index (χ0v) is 14.0. The highest BCUT2D eigenvalue weighted by Crippen LogP contribution is 2.38. The smallest absolute Gasteiger partial charge is 0.149 e. The summed E-state index contributed by atoms with van der Waals surface area (Å²) in [6, 6.07) is 0.917. The van der Waals surface area contributed by atoms with Crippen LogP contribution in [-0.2, 0) is 13.0 Å². The summed E-state index contributed by atoms with van der Waals surface area (Å²) in [5.41, 5.74) is 0.380. The Morgan fingerprint density at radius 2 is 1.90 bits per heavy atom.